The monoisotopic (exact) mass is 514 g/mol. The number of halogens is 1. The lowest BCUT2D eigenvalue weighted by Gasteiger charge is -2.36. The van der Waals surface area contributed by atoms with Crippen molar-refractivity contribution in [3.8, 4) is 11.5 Å². The highest BCUT2D eigenvalue weighted by Crippen LogP contribution is 2.34. The number of hydrogen-bond donors (Lipinski definition) is 0. The van der Waals surface area contributed by atoms with Crippen molar-refractivity contribution in [2.45, 2.75) is 45.7 Å². The molecule has 0 radical (unpaired) electrons. The van der Waals surface area contributed by atoms with Crippen LogP contribution in [0.3, 0.4) is 0 Å². The first kappa shape index (κ1) is 26.1. The number of ether oxygens (including phenoxy) is 3. The smallest absolute Gasteiger partial charge is 0.324 e. The standard InChI is InChI=1S/C27H35ClN4O4/c1-4-5-6-15-36-24-17-21(8-9-23(24)35-3)32-13-7-12-31(27(32)33)18-20-10-11-29-26-25(20)22(28)19-30(26)14-16-34-2/h8-11,17,19H,4-7,12-16,18H2,1-3H3. The zero-order valence-corrected chi connectivity index (χ0v) is 22.1. The first-order valence-electron chi connectivity index (χ1n) is 12.6. The van der Waals surface area contributed by atoms with Crippen LogP contribution in [-0.4, -0.2) is 61.0 Å². The minimum Gasteiger partial charge on any atom is -0.493 e. The first-order chi connectivity index (χ1) is 17.6. The summed E-state index contributed by atoms with van der Waals surface area (Å²) in [6.45, 7) is 5.80. The van der Waals surface area contributed by atoms with Gasteiger partial charge in [0, 0.05) is 62.8 Å². The molecule has 4 rings (SSSR count). The number of aromatic nitrogens is 2. The van der Waals surface area contributed by atoms with Gasteiger partial charge in [-0.25, -0.2) is 9.78 Å². The Kier molecular flexibility index (Phi) is 8.93. The van der Waals surface area contributed by atoms with E-state index in [9.17, 15) is 4.79 Å². The van der Waals surface area contributed by atoms with Crippen molar-refractivity contribution in [2.24, 2.45) is 0 Å². The number of pyridine rings is 1. The molecule has 9 heteroatoms. The number of hydrogen-bond acceptors (Lipinski definition) is 5. The van der Waals surface area contributed by atoms with Gasteiger partial charge in [0.2, 0.25) is 0 Å². The molecule has 2 aromatic heterocycles. The van der Waals surface area contributed by atoms with Gasteiger partial charge in [-0.1, -0.05) is 31.4 Å². The maximum absolute atomic E-state index is 13.6. The molecular weight excluding hydrogens is 480 g/mol. The summed E-state index contributed by atoms with van der Waals surface area (Å²) < 4.78 is 18.7. The van der Waals surface area contributed by atoms with Crippen LogP contribution in [0.5, 0.6) is 11.5 Å². The van der Waals surface area contributed by atoms with Crippen molar-refractivity contribution < 1.29 is 19.0 Å². The van der Waals surface area contributed by atoms with Crippen LogP contribution in [-0.2, 0) is 17.8 Å². The van der Waals surface area contributed by atoms with Crippen LogP contribution in [0.25, 0.3) is 11.0 Å². The van der Waals surface area contributed by atoms with Crippen LogP contribution < -0.4 is 14.4 Å². The molecule has 0 unspecified atom stereocenters. The largest absolute Gasteiger partial charge is 0.493 e. The molecule has 0 N–H and O–H groups in total. The number of methoxy groups -OCH3 is 2. The van der Waals surface area contributed by atoms with Crippen molar-refractivity contribution in [1.82, 2.24) is 14.5 Å². The second kappa shape index (κ2) is 12.3. The van der Waals surface area contributed by atoms with E-state index in [1.807, 2.05) is 44.8 Å². The lowest BCUT2D eigenvalue weighted by atomic mass is 10.1. The predicted octanol–water partition coefficient (Wildman–Crippen LogP) is 5.75. The van der Waals surface area contributed by atoms with Gasteiger partial charge in [-0.3, -0.25) is 4.90 Å². The maximum Gasteiger partial charge on any atom is 0.324 e. The average Bonchev–Trinajstić information content (AvgIpc) is 3.22. The quantitative estimate of drug-likeness (QED) is 0.288. The highest BCUT2D eigenvalue weighted by molar-refractivity contribution is 6.35. The summed E-state index contributed by atoms with van der Waals surface area (Å²) in [7, 11) is 3.30. The third-order valence-electron chi connectivity index (χ3n) is 6.47. The first-order valence-corrected chi connectivity index (χ1v) is 12.9. The molecule has 1 aromatic carbocycles. The fourth-order valence-corrected chi connectivity index (χ4v) is 4.90. The van der Waals surface area contributed by atoms with E-state index in [0.29, 0.717) is 55.9 Å². The summed E-state index contributed by atoms with van der Waals surface area (Å²) in [4.78, 5) is 21.8. The fourth-order valence-electron chi connectivity index (χ4n) is 4.58. The number of carbonyl (C=O) groups is 1. The molecular formula is C27H35ClN4O4. The zero-order valence-electron chi connectivity index (χ0n) is 21.3. The Balaban J connectivity index is 1.54. The van der Waals surface area contributed by atoms with Gasteiger partial charge < -0.3 is 23.7 Å². The van der Waals surface area contributed by atoms with Gasteiger partial charge in [-0.2, -0.15) is 0 Å². The molecule has 0 spiro atoms. The molecule has 0 aliphatic carbocycles. The van der Waals surface area contributed by atoms with Crippen LogP contribution in [0.15, 0.2) is 36.7 Å². The molecule has 0 bridgehead atoms. The van der Waals surface area contributed by atoms with E-state index in [1.54, 1.807) is 20.4 Å². The van der Waals surface area contributed by atoms with E-state index in [-0.39, 0.29) is 6.03 Å². The number of carbonyl (C=O) groups excluding carboxylic acids is 1. The Morgan fingerprint density at radius 3 is 2.72 bits per heavy atom. The number of rotatable bonds is 12. The molecule has 0 atom stereocenters. The van der Waals surface area contributed by atoms with Gasteiger partial charge in [0.1, 0.15) is 5.65 Å². The predicted molar refractivity (Wildman–Crippen MR) is 142 cm³/mol. The van der Waals surface area contributed by atoms with E-state index in [0.717, 1.165) is 48.0 Å². The summed E-state index contributed by atoms with van der Waals surface area (Å²) in [6.07, 6.45) is 7.74. The Bertz CT molecular complexity index is 1180. The molecule has 0 saturated carbocycles. The van der Waals surface area contributed by atoms with Crippen molar-refractivity contribution in [2.75, 3.05) is 45.4 Å². The van der Waals surface area contributed by atoms with Crippen molar-refractivity contribution in [3.05, 3.63) is 47.2 Å². The molecule has 8 nitrogen and oxygen atoms in total. The Morgan fingerprint density at radius 2 is 1.94 bits per heavy atom. The van der Waals surface area contributed by atoms with E-state index in [2.05, 4.69) is 11.9 Å². The number of fused-ring (bicyclic) bond motifs is 1. The molecule has 36 heavy (non-hydrogen) atoms. The Morgan fingerprint density at radius 1 is 1.08 bits per heavy atom. The summed E-state index contributed by atoms with van der Waals surface area (Å²) in [5.74, 6) is 1.33. The second-order valence-corrected chi connectivity index (χ2v) is 9.34. The molecule has 3 aromatic rings. The van der Waals surface area contributed by atoms with E-state index in [1.165, 1.54) is 0 Å². The number of anilines is 1. The van der Waals surface area contributed by atoms with Gasteiger partial charge in [0.05, 0.1) is 25.3 Å². The van der Waals surface area contributed by atoms with Gasteiger partial charge in [0.25, 0.3) is 0 Å². The van der Waals surface area contributed by atoms with Crippen molar-refractivity contribution in [1.29, 1.82) is 0 Å². The summed E-state index contributed by atoms with van der Waals surface area (Å²) in [6, 6.07) is 7.59. The SMILES string of the molecule is CCCCCOc1cc(N2CCCN(Cc3ccnc4c3c(Cl)cn4CCOC)C2=O)ccc1OC. The van der Waals surface area contributed by atoms with E-state index < -0.39 is 0 Å². The molecule has 1 saturated heterocycles. The zero-order chi connectivity index (χ0) is 25.5. The molecule has 3 heterocycles. The van der Waals surface area contributed by atoms with Crippen LogP contribution in [0.4, 0.5) is 10.5 Å². The topological polar surface area (TPSA) is 69.1 Å². The van der Waals surface area contributed by atoms with E-state index >= 15 is 0 Å². The summed E-state index contributed by atoms with van der Waals surface area (Å²) >= 11 is 6.61. The number of nitrogens with zero attached hydrogens (tertiary/aromatic N) is 4. The van der Waals surface area contributed by atoms with Crippen LogP contribution in [0, 0.1) is 0 Å². The summed E-state index contributed by atoms with van der Waals surface area (Å²) in [5.41, 5.74) is 2.58. The highest BCUT2D eigenvalue weighted by atomic mass is 35.5. The van der Waals surface area contributed by atoms with Gasteiger partial charge in [-0.05, 0) is 36.6 Å². The normalized spacial score (nSPS) is 14.1. The van der Waals surface area contributed by atoms with Crippen molar-refractivity contribution in [3.63, 3.8) is 0 Å². The summed E-state index contributed by atoms with van der Waals surface area (Å²) in [5, 5.41) is 1.51. The lowest BCUT2D eigenvalue weighted by molar-refractivity contribution is 0.188. The third-order valence-corrected chi connectivity index (χ3v) is 6.76. The van der Waals surface area contributed by atoms with Crippen LogP contribution >= 0.6 is 11.6 Å². The lowest BCUT2D eigenvalue weighted by Crippen LogP contribution is -2.49. The molecule has 1 fully saturated rings. The van der Waals surface area contributed by atoms with Gasteiger partial charge >= 0.3 is 6.03 Å². The molecule has 2 amide bonds. The molecule has 194 valence electrons. The minimum absolute atomic E-state index is 0.0387. The number of amides is 2. The Hall–Kier alpha value is -2.97. The van der Waals surface area contributed by atoms with Crippen LogP contribution in [0.1, 0.15) is 38.2 Å². The second-order valence-electron chi connectivity index (χ2n) is 8.93. The van der Waals surface area contributed by atoms with Gasteiger partial charge in [-0.15, -0.1) is 0 Å². The van der Waals surface area contributed by atoms with Crippen molar-refractivity contribution >= 4 is 34.4 Å². The number of urea groups is 1. The molecule has 1 aliphatic rings. The fraction of sp³-hybridized carbons (Fsp3) is 0.481. The number of unbranched alkanes of at least 4 members (excludes halogenated alkanes) is 2. The average molecular weight is 515 g/mol. The third kappa shape index (κ3) is 5.71. The maximum atomic E-state index is 13.6. The highest BCUT2D eigenvalue weighted by Gasteiger charge is 2.28. The van der Waals surface area contributed by atoms with E-state index in [4.69, 9.17) is 25.8 Å². The molecule has 1 aliphatic heterocycles. The Labute approximate surface area is 217 Å². The number of benzene rings is 1. The minimum atomic E-state index is -0.0387. The van der Waals surface area contributed by atoms with Gasteiger partial charge in [0.15, 0.2) is 11.5 Å². The van der Waals surface area contributed by atoms with Crippen LogP contribution in [0.2, 0.25) is 5.02 Å².